The smallest absolute Gasteiger partial charge is 0.263 e. The van der Waals surface area contributed by atoms with Gasteiger partial charge in [-0.15, -0.1) is 0 Å². The fraction of sp³-hybridized carbons (Fsp3) is 0.533. The highest BCUT2D eigenvalue weighted by Crippen LogP contribution is 2.26. The van der Waals surface area contributed by atoms with Gasteiger partial charge in [-0.3, -0.25) is 4.79 Å². The van der Waals surface area contributed by atoms with Crippen LogP contribution in [0, 0.1) is 0 Å². The molecule has 0 spiro atoms. The van der Waals surface area contributed by atoms with E-state index in [1.54, 1.807) is 0 Å². The Hall–Kier alpha value is -1.95. The van der Waals surface area contributed by atoms with Gasteiger partial charge in [-0.25, -0.2) is 0 Å². The fourth-order valence-corrected chi connectivity index (χ4v) is 3.08. The van der Waals surface area contributed by atoms with Gasteiger partial charge in [0.15, 0.2) is 5.82 Å². The summed E-state index contributed by atoms with van der Waals surface area (Å²) in [6, 6.07) is 1.91. The zero-order valence-corrected chi connectivity index (χ0v) is 11.7. The second-order valence-electron chi connectivity index (χ2n) is 5.74. The van der Waals surface area contributed by atoms with Gasteiger partial charge in [0.05, 0.1) is 6.61 Å². The molecule has 0 aromatic carbocycles. The Morgan fingerprint density at radius 1 is 1.29 bits per heavy atom. The highest BCUT2D eigenvalue weighted by molar-refractivity contribution is 5.53. The summed E-state index contributed by atoms with van der Waals surface area (Å²) in [6.07, 6.45) is 5.14. The van der Waals surface area contributed by atoms with E-state index in [9.17, 15) is 4.79 Å². The molecule has 2 aromatic rings. The number of fused-ring (bicyclic) bond motifs is 1. The van der Waals surface area contributed by atoms with Crippen molar-refractivity contribution in [1.82, 2.24) is 15.1 Å². The summed E-state index contributed by atoms with van der Waals surface area (Å²) in [4.78, 5) is 19.6. The summed E-state index contributed by atoms with van der Waals surface area (Å²) in [7, 11) is 0. The Kier molecular flexibility index (Phi) is 3.11. The van der Waals surface area contributed by atoms with Crippen LogP contribution < -0.4 is 5.56 Å². The molecule has 1 saturated heterocycles. The third-order valence-electron chi connectivity index (χ3n) is 4.31. The van der Waals surface area contributed by atoms with Crippen molar-refractivity contribution in [2.24, 2.45) is 0 Å². The van der Waals surface area contributed by atoms with Crippen LogP contribution in [0.15, 0.2) is 15.4 Å². The molecule has 0 radical (unpaired) electrons. The van der Waals surface area contributed by atoms with Crippen LogP contribution >= 0.6 is 0 Å². The molecule has 6 heteroatoms. The number of aromatic nitrogens is 3. The Morgan fingerprint density at radius 2 is 2.19 bits per heavy atom. The molecule has 6 nitrogen and oxygen atoms in total. The number of aromatic amines is 1. The Bertz CT molecular complexity index is 713. The number of nitrogens with zero attached hydrogens (tertiary/aromatic N) is 2. The molecule has 1 atom stereocenters. The summed E-state index contributed by atoms with van der Waals surface area (Å²) in [6.45, 7) is 1.35. The molecule has 1 aliphatic heterocycles. The number of aryl methyl sites for hydroxylation is 2. The fourth-order valence-electron chi connectivity index (χ4n) is 3.08. The molecule has 0 bridgehead atoms. The van der Waals surface area contributed by atoms with Crippen molar-refractivity contribution in [3.8, 4) is 11.5 Å². The van der Waals surface area contributed by atoms with E-state index in [4.69, 9.17) is 9.26 Å². The number of hydrogen-bond donors (Lipinski definition) is 1. The van der Waals surface area contributed by atoms with Gasteiger partial charge < -0.3 is 14.2 Å². The summed E-state index contributed by atoms with van der Waals surface area (Å²) in [5, 5.41) is 4.01. The highest BCUT2D eigenvalue weighted by Gasteiger charge is 2.24. The molecule has 1 fully saturated rings. The SMILES string of the molecule is O=c1[nH]c2c(cc1-c1nc(C3CCOC3)no1)CCCC2. The zero-order valence-electron chi connectivity index (χ0n) is 11.7. The normalized spacial score (nSPS) is 21.4. The minimum Gasteiger partial charge on any atom is -0.381 e. The predicted octanol–water partition coefficient (Wildman–Crippen LogP) is 1.81. The molecule has 4 rings (SSSR count). The van der Waals surface area contributed by atoms with Gasteiger partial charge in [-0.1, -0.05) is 5.16 Å². The van der Waals surface area contributed by atoms with Crippen molar-refractivity contribution in [3.05, 3.63) is 33.5 Å². The number of rotatable bonds is 2. The summed E-state index contributed by atoms with van der Waals surface area (Å²) < 4.78 is 10.6. The topological polar surface area (TPSA) is 81.0 Å². The van der Waals surface area contributed by atoms with Gasteiger partial charge in [-0.2, -0.15) is 4.98 Å². The molecule has 2 aromatic heterocycles. The molecule has 1 unspecified atom stereocenters. The van der Waals surface area contributed by atoms with Crippen molar-refractivity contribution >= 4 is 0 Å². The van der Waals surface area contributed by atoms with E-state index in [1.807, 2.05) is 6.07 Å². The lowest BCUT2D eigenvalue weighted by molar-refractivity contribution is 0.192. The standard InChI is InChI=1S/C15H17N3O3/c19-14-11(7-9-3-1-2-4-12(9)16-14)15-17-13(18-21-15)10-5-6-20-8-10/h7,10H,1-6,8H2,(H,16,19). The third-order valence-corrected chi connectivity index (χ3v) is 4.31. The average molecular weight is 287 g/mol. The molecular weight excluding hydrogens is 270 g/mol. The van der Waals surface area contributed by atoms with Gasteiger partial charge in [0, 0.05) is 18.2 Å². The average Bonchev–Trinajstić information content (AvgIpc) is 3.17. The number of ether oxygens (including phenoxy) is 1. The van der Waals surface area contributed by atoms with E-state index in [-0.39, 0.29) is 11.5 Å². The van der Waals surface area contributed by atoms with E-state index in [2.05, 4.69) is 15.1 Å². The van der Waals surface area contributed by atoms with E-state index in [0.717, 1.165) is 44.4 Å². The first-order valence-electron chi connectivity index (χ1n) is 7.48. The first-order chi connectivity index (χ1) is 10.3. The van der Waals surface area contributed by atoms with Crippen LogP contribution in [0.3, 0.4) is 0 Å². The van der Waals surface area contributed by atoms with E-state index < -0.39 is 0 Å². The Balaban J connectivity index is 1.71. The second kappa shape index (κ2) is 5.11. The van der Waals surface area contributed by atoms with Crippen LogP contribution in [0.4, 0.5) is 0 Å². The van der Waals surface area contributed by atoms with Crippen LogP contribution in [0.5, 0.6) is 0 Å². The van der Waals surface area contributed by atoms with E-state index in [1.165, 1.54) is 5.56 Å². The lowest BCUT2D eigenvalue weighted by Crippen LogP contribution is -2.17. The largest absolute Gasteiger partial charge is 0.381 e. The van der Waals surface area contributed by atoms with Crippen molar-refractivity contribution in [2.75, 3.05) is 13.2 Å². The van der Waals surface area contributed by atoms with Crippen LogP contribution in [-0.2, 0) is 17.6 Å². The summed E-state index contributed by atoms with van der Waals surface area (Å²) in [5.41, 5.74) is 2.58. The van der Waals surface area contributed by atoms with Crippen LogP contribution in [-0.4, -0.2) is 28.3 Å². The van der Waals surface area contributed by atoms with Crippen LogP contribution in [0.1, 0.15) is 42.3 Å². The lowest BCUT2D eigenvalue weighted by Gasteiger charge is -2.15. The van der Waals surface area contributed by atoms with Crippen molar-refractivity contribution in [3.63, 3.8) is 0 Å². The van der Waals surface area contributed by atoms with Crippen LogP contribution in [0.2, 0.25) is 0 Å². The quantitative estimate of drug-likeness (QED) is 0.911. The molecule has 1 aliphatic carbocycles. The second-order valence-corrected chi connectivity index (χ2v) is 5.74. The number of hydrogen-bond acceptors (Lipinski definition) is 5. The molecule has 3 heterocycles. The molecule has 0 saturated carbocycles. The zero-order chi connectivity index (χ0) is 14.2. The summed E-state index contributed by atoms with van der Waals surface area (Å²) >= 11 is 0. The molecular formula is C15H17N3O3. The van der Waals surface area contributed by atoms with E-state index >= 15 is 0 Å². The van der Waals surface area contributed by atoms with Crippen molar-refractivity contribution in [1.29, 1.82) is 0 Å². The monoisotopic (exact) mass is 287 g/mol. The maximum Gasteiger partial charge on any atom is 0.263 e. The molecule has 21 heavy (non-hydrogen) atoms. The maximum atomic E-state index is 12.2. The molecule has 110 valence electrons. The van der Waals surface area contributed by atoms with Crippen molar-refractivity contribution < 1.29 is 9.26 Å². The lowest BCUT2D eigenvalue weighted by atomic mass is 9.95. The van der Waals surface area contributed by atoms with E-state index in [0.29, 0.717) is 23.9 Å². The first kappa shape index (κ1) is 12.8. The van der Waals surface area contributed by atoms with Gasteiger partial charge in [-0.05, 0) is 43.7 Å². The Morgan fingerprint density at radius 3 is 3.05 bits per heavy atom. The minimum atomic E-state index is -0.145. The highest BCUT2D eigenvalue weighted by atomic mass is 16.5. The molecule has 2 aliphatic rings. The third kappa shape index (κ3) is 2.29. The minimum absolute atomic E-state index is 0.145. The first-order valence-corrected chi connectivity index (χ1v) is 7.48. The van der Waals surface area contributed by atoms with Gasteiger partial charge >= 0.3 is 0 Å². The van der Waals surface area contributed by atoms with Gasteiger partial charge in [0.2, 0.25) is 0 Å². The number of pyridine rings is 1. The molecule has 1 N–H and O–H groups in total. The Labute approximate surface area is 121 Å². The van der Waals surface area contributed by atoms with Gasteiger partial charge in [0.25, 0.3) is 11.4 Å². The molecule has 0 amide bonds. The number of nitrogens with one attached hydrogen (secondary N) is 1. The number of H-pyrrole nitrogens is 1. The van der Waals surface area contributed by atoms with Gasteiger partial charge in [0.1, 0.15) is 5.56 Å². The summed E-state index contributed by atoms with van der Waals surface area (Å²) in [5.74, 6) is 1.13. The predicted molar refractivity (Wildman–Crippen MR) is 75.2 cm³/mol. The van der Waals surface area contributed by atoms with Crippen LogP contribution in [0.25, 0.3) is 11.5 Å². The maximum absolute atomic E-state index is 12.2. The van der Waals surface area contributed by atoms with Crippen molar-refractivity contribution in [2.45, 2.75) is 38.0 Å².